The number of benzene rings is 2. The van der Waals surface area contributed by atoms with E-state index >= 15 is 0 Å². The molecule has 1 aliphatic rings. The Morgan fingerprint density at radius 3 is 2.24 bits per heavy atom. The average molecular weight is 338 g/mol. The first-order valence-electron chi connectivity index (χ1n) is 7.44. The lowest BCUT2D eigenvalue weighted by molar-refractivity contribution is -0.139. The van der Waals surface area contributed by atoms with Gasteiger partial charge in [-0.15, -0.1) is 0 Å². The van der Waals surface area contributed by atoms with Crippen molar-refractivity contribution in [3.63, 3.8) is 0 Å². The van der Waals surface area contributed by atoms with E-state index in [0.717, 1.165) is 0 Å². The predicted octanol–water partition coefficient (Wildman–Crippen LogP) is 2.62. The number of Topliss-reactive ketones (excluding diaryl/α,β-unsaturated/α-hetero) is 2. The van der Waals surface area contributed by atoms with Gasteiger partial charge in [-0.1, -0.05) is 30.3 Å². The fraction of sp³-hybridized carbons (Fsp3) is 0.105. The van der Waals surface area contributed by atoms with Crippen LogP contribution in [0.4, 0.5) is 0 Å². The summed E-state index contributed by atoms with van der Waals surface area (Å²) in [4.78, 5) is 35.4. The molecule has 1 N–H and O–H groups in total. The third-order valence-electron chi connectivity index (χ3n) is 3.76. The van der Waals surface area contributed by atoms with Crippen molar-refractivity contribution in [2.75, 3.05) is 13.7 Å². The molecule has 0 amide bonds. The van der Waals surface area contributed by atoms with Gasteiger partial charge in [0.1, 0.15) is 0 Å². The number of methoxy groups -OCH3 is 1. The van der Waals surface area contributed by atoms with Crippen molar-refractivity contribution in [1.82, 2.24) is 0 Å². The minimum absolute atomic E-state index is 0.0856. The van der Waals surface area contributed by atoms with Gasteiger partial charge in [-0.05, 0) is 23.8 Å². The van der Waals surface area contributed by atoms with E-state index in [1.165, 1.54) is 19.3 Å². The molecule has 0 fully saturated rings. The Kier molecular flexibility index (Phi) is 4.35. The van der Waals surface area contributed by atoms with E-state index in [2.05, 4.69) is 0 Å². The molecule has 0 aromatic heterocycles. The van der Waals surface area contributed by atoms with Gasteiger partial charge in [0.05, 0.1) is 12.7 Å². The van der Waals surface area contributed by atoms with Gasteiger partial charge in [0, 0.05) is 11.1 Å². The Morgan fingerprint density at radius 1 is 1.04 bits per heavy atom. The summed E-state index contributed by atoms with van der Waals surface area (Å²) in [6.45, 7) is -0.497. The lowest BCUT2D eigenvalue weighted by atomic mass is 10.1. The topological polar surface area (TPSA) is 89.9 Å². The highest BCUT2D eigenvalue weighted by Crippen LogP contribution is 2.31. The number of allylic oxidation sites excluding steroid dienone is 1. The van der Waals surface area contributed by atoms with E-state index in [4.69, 9.17) is 14.6 Å². The molecule has 0 unspecified atom stereocenters. The lowest BCUT2D eigenvalue weighted by Crippen LogP contribution is -2.10. The molecule has 3 rings (SSSR count). The molecule has 2 aromatic carbocycles. The van der Waals surface area contributed by atoms with Crippen LogP contribution in [0.3, 0.4) is 0 Å². The normalized spacial score (nSPS) is 12.8. The van der Waals surface area contributed by atoms with Crippen molar-refractivity contribution < 1.29 is 29.0 Å². The van der Waals surface area contributed by atoms with Gasteiger partial charge in [0.15, 0.2) is 29.7 Å². The second-order valence-electron chi connectivity index (χ2n) is 5.35. The Labute approximate surface area is 143 Å². The number of carboxylic acid groups (broad SMARTS) is 1. The van der Waals surface area contributed by atoms with Crippen LogP contribution in [-0.4, -0.2) is 36.4 Å². The van der Waals surface area contributed by atoms with Gasteiger partial charge in [0.25, 0.3) is 0 Å². The van der Waals surface area contributed by atoms with Gasteiger partial charge < -0.3 is 14.6 Å². The van der Waals surface area contributed by atoms with E-state index in [1.54, 1.807) is 36.4 Å². The summed E-state index contributed by atoms with van der Waals surface area (Å²) in [7, 11) is 1.42. The maximum Gasteiger partial charge on any atom is 0.341 e. The van der Waals surface area contributed by atoms with Crippen molar-refractivity contribution in [3.8, 4) is 11.5 Å². The van der Waals surface area contributed by atoms with Crippen LogP contribution in [0.2, 0.25) is 0 Å². The molecule has 0 spiro atoms. The number of ether oxygens (including phenoxy) is 2. The Balaban J connectivity index is 1.93. The van der Waals surface area contributed by atoms with Crippen LogP contribution in [0.1, 0.15) is 26.3 Å². The molecule has 0 saturated heterocycles. The second kappa shape index (κ2) is 6.60. The fourth-order valence-electron chi connectivity index (χ4n) is 2.60. The molecular formula is C19H14O6. The summed E-state index contributed by atoms with van der Waals surface area (Å²) in [6, 6.07) is 11.4. The van der Waals surface area contributed by atoms with Crippen molar-refractivity contribution in [3.05, 3.63) is 64.7 Å². The molecule has 0 bridgehead atoms. The molecule has 0 heterocycles. The summed E-state index contributed by atoms with van der Waals surface area (Å²) >= 11 is 0. The maximum absolute atomic E-state index is 12.4. The number of fused-ring (bicyclic) bond motifs is 1. The SMILES string of the molecule is COc1cc(C=C2C(=O)c3ccccc3C2=O)ccc1OCC(=O)O. The zero-order chi connectivity index (χ0) is 18.0. The number of hydrogen-bond acceptors (Lipinski definition) is 5. The Morgan fingerprint density at radius 2 is 1.68 bits per heavy atom. The van der Waals surface area contributed by atoms with Gasteiger partial charge in [-0.25, -0.2) is 4.79 Å². The Bertz CT molecular complexity index is 873. The first kappa shape index (κ1) is 16.4. The van der Waals surface area contributed by atoms with Crippen LogP contribution in [0.15, 0.2) is 48.0 Å². The van der Waals surface area contributed by atoms with Crippen LogP contribution in [0, 0.1) is 0 Å². The maximum atomic E-state index is 12.4. The largest absolute Gasteiger partial charge is 0.493 e. The van der Waals surface area contributed by atoms with Gasteiger partial charge >= 0.3 is 5.97 Å². The fourth-order valence-corrected chi connectivity index (χ4v) is 2.60. The molecule has 0 saturated carbocycles. The standard InChI is InChI=1S/C19H14O6/c1-24-16-9-11(6-7-15(16)25-10-17(20)21)8-14-18(22)12-4-2-3-5-13(12)19(14)23/h2-9H,10H2,1H3,(H,20,21). The summed E-state index contributed by atoms with van der Waals surface area (Å²) in [6.07, 6.45) is 1.49. The average Bonchev–Trinajstić information content (AvgIpc) is 2.85. The van der Waals surface area contributed by atoms with Gasteiger partial charge in [-0.3, -0.25) is 9.59 Å². The zero-order valence-corrected chi connectivity index (χ0v) is 13.3. The highest BCUT2D eigenvalue weighted by atomic mass is 16.5. The van der Waals surface area contributed by atoms with Crippen molar-refractivity contribution in [2.24, 2.45) is 0 Å². The molecule has 1 aliphatic carbocycles. The summed E-state index contributed by atoms with van der Waals surface area (Å²) in [5.41, 5.74) is 1.45. The number of ketones is 2. The summed E-state index contributed by atoms with van der Waals surface area (Å²) < 4.78 is 10.3. The van der Waals surface area contributed by atoms with Gasteiger partial charge in [0.2, 0.25) is 0 Å². The van der Waals surface area contributed by atoms with E-state index in [-0.39, 0.29) is 22.9 Å². The number of rotatable bonds is 5. The van der Waals surface area contributed by atoms with E-state index < -0.39 is 12.6 Å². The first-order chi connectivity index (χ1) is 12.0. The highest BCUT2D eigenvalue weighted by molar-refractivity contribution is 6.41. The molecule has 6 nitrogen and oxygen atoms in total. The highest BCUT2D eigenvalue weighted by Gasteiger charge is 2.32. The first-order valence-corrected chi connectivity index (χ1v) is 7.44. The lowest BCUT2D eigenvalue weighted by Gasteiger charge is -2.09. The van der Waals surface area contributed by atoms with Crippen molar-refractivity contribution >= 4 is 23.6 Å². The van der Waals surface area contributed by atoms with E-state index in [9.17, 15) is 14.4 Å². The quantitative estimate of drug-likeness (QED) is 0.666. The zero-order valence-electron chi connectivity index (χ0n) is 13.3. The third kappa shape index (κ3) is 3.14. The molecule has 25 heavy (non-hydrogen) atoms. The molecule has 126 valence electrons. The monoisotopic (exact) mass is 338 g/mol. The number of carboxylic acids is 1. The molecular weight excluding hydrogens is 324 g/mol. The van der Waals surface area contributed by atoms with Crippen LogP contribution < -0.4 is 9.47 Å². The minimum atomic E-state index is -1.10. The smallest absolute Gasteiger partial charge is 0.341 e. The summed E-state index contributed by atoms with van der Waals surface area (Å²) in [5.74, 6) is -1.16. The van der Waals surface area contributed by atoms with Gasteiger partial charge in [-0.2, -0.15) is 0 Å². The van der Waals surface area contributed by atoms with Crippen molar-refractivity contribution in [2.45, 2.75) is 0 Å². The van der Waals surface area contributed by atoms with Crippen LogP contribution in [-0.2, 0) is 4.79 Å². The third-order valence-corrected chi connectivity index (χ3v) is 3.76. The molecule has 2 aromatic rings. The van der Waals surface area contributed by atoms with Crippen LogP contribution in [0.5, 0.6) is 11.5 Å². The van der Waals surface area contributed by atoms with Crippen molar-refractivity contribution in [1.29, 1.82) is 0 Å². The molecule has 6 heteroatoms. The van der Waals surface area contributed by atoms with E-state index in [0.29, 0.717) is 22.4 Å². The Hall–Kier alpha value is -3.41. The number of hydrogen-bond donors (Lipinski definition) is 1. The van der Waals surface area contributed by atoms with Crippen LogP contribution in [0.25, 0.3) is 6.08 Å². The molecule has 0 radical (unpaired) electrons. The number of carbonyl (C=O) groups is 3. The number of carbonyl (C=O) groups excluding carboxylic acids is 2. The molecule has 0 atom stereocenters. The van der Waals surface area contributed by atoms with E-state index in [1.807, 2.05) is 0 Å². The minimum Gasteiger partial charge on any atom is -0.493 e. The van der Waals surface area contributed by atoms with Crippen LogP contribution >= 0.6 is 0 Å². The summed E-state index contributed by atoms with van der Waals surface area (Å²) in [5, 5.41) is 8.68. The predicted molar refractivity (Wildman–Crippen MR) is 89.2 cm³/mol. The second-order valence-corrected chi connectivity index (χ2v) is 5.35. The molecule has 0 aliphatic heterocycles. The number of aliphatic carboxylic acids is 1.